The van der Waals surface area contributed by atoms with Crippen molar-refractivity contribution in [3.8, 4) is 0 Å². The summed E-state index contributed by atoms with van der Waals surface area (Å²) in [5, 5.41) is 6.08. The second-order valence-corrected chi connectivity index (χ2v) is 8.21. The summed E-state index contributed by atoms with van der Waals surface area (Å²) >= 11 is 0. The lowest BCUT2D eigenvalue weighted by Crippen LogP contribution is -2.29. The maximum atomic E-state index is 6.17. The normalized spacial score (nSPS) is 14.8. The van der Waals surface area contributed by atoms with E-state index in [2.05, 4.69) is 110 Å². The van der Waals surface area contributed by atoms with Gasteiger partial charge in [-0.25, -0.2) is 0 Å². The molecule has 0 amide bonds. The Morgan fingerprint density at radius 3 is 2.67 bits per heavy atom. The molecular weight excluding hydrogens is 368 g/mol. The molecule has 0 bridgehead atoms. The summed E-state index contributed by atoms with van der Waals surface area (Å²) < 4.78 is 6.17. The molecule has 0 atom stereocenters. The van der Waals surface area contributed by atoms with Crippen molar-refractivity contribution in [3.05, 3.63) is 94.0 Å². The molecule has 150 valence electrons. The highest BCUT2D eigenvalue weighted by molar-refractivity contribution is 5.95. The van der Waals surface area contributed by atoms with Crippen LogP contribution in [0.25, 0.3) is 29.0 Å². The standard InChI is InChI=1S/C27H26N2O/c1-18(2)29(3)21-14-15-27-24(17-21)23-16-20(10-7-13-26(23)30-27)28-25-12-6-9-19-8-4-5-11-22(19)25/h4-16,18,28H,17H2,1-3H3. The molecule has 2 aliphatic carbocycles. The van der Waals surface area contributed by atoms with Crippen LogP contribution in [0.4, 0.5) is 5.69 Å². The van der Waals surface area contributed by atoms with Gasteiger partial charge in [0.1, 0.15) is 10.8 Å². The van der Waals surface area contributed by atoms with Gasteiger partial charge in [-0.05, 0) is 55.7 Å². The second-order valence-electron chi connectivity index (χ2n) is 8.21. The molecule has 0 aliphatic heterocycles. The number of nitrogens with zero attached hydrogens (tertiary/aromatic N) is 1. The summed E-state index contributed by atoms with van der Waals surface area (Å²) in [7, 11) is 2.16. The average Bonchev–Trinajstić information content (AvgIpc) is 2.97. The first-order valence-corrected chi connectivity index (χ1v) is 10.5. The summed E-state index contributed by atoms with van der Waals surface area (Å²) in [5.74, 6) is 0. The Balaban J connectivity index is 1.53. The second kappa shape index (κ2) is 7.42. The molecule has 0 unspecified atom stereocenters. The van der Waals surface area contributed by atoms with Crippen LogP contribution in [0.1, 0.15) is 25.0 Å². The van der Waals surface area contributed by atoms with Gasteiger partial charge in [0.25, 0.3) is 0 Å². The molecule has 0 saturated carbocycles. The average molecular weight is 395 g/mol. The Labute approximate surface area is 177 Å². The van der Waals surface area contributed by atoms with Crippen LogP contribution >= 0.6 is 0 Å². The van der Waals surface area contributed by atoms with Gasteiger partial charge in [0.2, 0.25) is 0 Å². The van der Waals surface area contributed by atoms with E-state index >= 15 is 0 Å². The van der Waals surface area contributed by atoms with E-state index in [1.807, 2.05) is 0 Å². The van der Waals surface area contributed by atoms with E-state index in [1.54, 1.807) is 0 Å². The predicted molar refractivity (Wildman–Crippen MR) is 126 cm³/mol. The number of nitrogens with one attached hydrogen (secondary N) is 1. The molecule has 5 rings (SSSR count). The van der Waals surface area contributed by atoms with Crippen molar-refractivity contribution in [1.82, 2.24) is 4.90 Å². The van der Waals surface area contributed by atoms with Crippen LogP contribution in [0, 0.1) is 0 Å². The summed E-state index contributed by atoms with van der Waals surface area (Å²) in [5.41, 5.74) is 7.78. The number of hydrogen-bond donors (Lipinski definition) is 1. The highest BCUT2D eigenvalue weighted by atomic mass is 16.3. The van der Waals surface area contributed by atoms with Crippen LogP contribution in [0.2, 0.25) is 0 Å². The molecule has 3 nitrogen and oxygen atoms in total. The quantitative estimate of drug-likeness (QED) is 0.689. The SMILES string of the molecule is CC(C)N(C)C1=CC=c2oc3c(c2C1)C=C(Nc1cccc2ccccc12)C=CC=3. The number of likely N-dealkylation sites (N-methyl/N-ethyl adjacent to an activating group) is 1. The summed E-state index contributed by atoms with van der Waals surface area (Å²) in [6.07, 6.45) is 13.6. The van der Waals surface area contributed by atoms with E-state index in [4.69, 9.17) is 4.42 Å². The molecule has 0 spiro atoms. The molecule has 1 N–H and O–H groups in total. The van der Waals surface area contributed by atoms with E-state index in [-0.39, 0.29) is 0 Å². The summed E-state index contributed by atoms with van der Waals surface area (Å²) in [4.78, 5) is 2.33. The van der Waals surface area contributed by atoms with Crippen molar-refractivity contribution in [2.45, 2.75) is 26.3 Å². The van der Waals surface area contributed by atoms with Crippen molar-refractivity contribution < 1.29 is 4.42 Å². The number of allylic oxidation sites excluding steroid dienone is 4. The minimum Gasteiger partial charge on any atom is -0.456 e. The molecule has 0 radical (unpaired) electrons. The fraction of sp³-hybridized carbons (Fsp3) is 0.185. The van der Waals surface area contributed by atoms with Crippen molar-refractivity contribution >= 4 is 34.7 Å². The molecule has 30 heavy (non-hydrogen) atoms. The van der Waals surface area contributed by atoms with Crippen molar-refractivity contribution in [2.24, 2.45) is 0 Å². The Bertz CT molecular complexity index is 1330. The Morgan fingerprint density at radius 1 is 0.967 bits per heavy atom. The lowest BCUT2D eigenvalue weighted by Gasteiger charge is -2.27. The highest BCUT2D eigenvalue weighted by Crippen LogP contribution is 2.26. The van der Waals surface area contributed by atoms with Gasteiger partial charge in [-0.3, -0.25) is 0 Å². The molecule has 1 aromatic heterocycles. The summed E-state index contributed by atoms with van der Waals surface area (Å²) in [6.45, 7) is 4.44. The van der Waals surface area contributed by atoms with E-state index in [0.29, 0.717) is 6.04 Å². The summed E-state index contributed by atoms with van der Waals surface area (Å²) in [6, 6.07) is 15.3. The van der Waals surface area contributed by atoms with E-state index in [1.165, 1.54) is 22.0 Å². The van der Waals surface area contributed by atoms with E-state index in [0.717, 1.165) is 34.2 Å². The number of furan rings is 1. The van der Waals surface area contributed by atoms with Crippen molar-refractivity contribution in [2.75, 3.05) is 12.4 Å². The van der Waals surface area contributed by atoms with Gasteiger partial charge < -0.3 is 14.6 Å². The lowest BCUT2D eigenvalue weighted by molar-refractivity contribution is 0.336. The van der Waals surface area contributed by atoms with E-state index in [9.17, 15) is 0 Å². The number of fused-ring (bicyclic) bond motifs is 4. The number of hydrogen-bond acceptors (Lipinski definition) is 3. The van der Waals surface area contributed by atoms with Crippen molar-refractivity contribution in [1.29, 1.82) is 0 Å². The molecule has 2 aromatic carbocycles. The van der Waals surface area contributed by atoms with Gasteiger partial charge in [0.05, 0.1) is 0 Å². The Morgan fingerprint density at radius 2 is 1.80 bits per heavy atom. The van der Waals surface area contributed by atoms with Gasteiger partial charge in [0.15, 0.2) is 0 Å². The van der Waals surface area contributed by atoms with E-state index < -0.39 is 0 Å². The predicted octanol–water partition coefficient (Wildman–Crippen LogP) is 4.80. The molecule has 1 heterocycles. The molecule has 3 aromatic rings. The first-order chi connectivity index (χ1) is 14.6. The monoisotopic (exact) mass is 394 g/mol. The van der Waals surface area contributed by atoms with Gasteiger partial charge in [-0.2, -0.15) is 0 Å². The van der Waals surface area contributed by atoms with Crippen LogP contribution in [-0.4, -0.2) is 18.0 Å². The maximum absolute atomic E-state index is 6.17. The zero-order valence-corrected chi connectivity index (χ0v) is 17.6. The topological polar surface area (TPSA) is 28.4 Å². The van der Waals surface area contributed by atoms with Gasteiger partial charge >= 0.3 is 0 Å². The lowest BCUT2D eigenvalue weighted by atomic mass is 10.0. The maximum Gasteiger partial charge on any atom is 0.135 e. The number of anilines is 1. The Hall–Kier alpha value is -3.46. The zero-order chi connectivity index (χ0) is 20.7. The third-order valence-corrected chi connectivity index (χ3v) is 6.01. The first-order valence-electron chi connectivity index (χ1n) is 10.5. The zero-order valence-electron chi connectivity index (χ0n) is 17.6. The van der Waals surface area contributed by atoms with Crippen LogP contribution in [-0.2, 0) is 6.42 Å². The van der Waals surface area contributed by atoms with Gasteiger partial charge in [0, 0.05) is 53.1 Å². The van der Waals surface area contributed by atoms with Crippen LogP contribution in [0.15, 0.2) is 76.5 Å². The number of rotatable bonds is 4. The van der Waals surface area contributed by atoms with Gasteiger partial charge in [-0.15, -0.1) is 0 Å². The number of benzene rings is 2. The highest BCUT2D eigenvalue weighted by Gasteiger charge is 2.19. The minimum atomic E-state index is 0.462. The van der Waals surface area contributed by atoms with Crippen LogP contribution in [0.3, 0.4) is 0 Å². The smallest absolute Gasteiger partial charge is 0.135 e. The molecular formula is C27H26N2O. The van der Waals surface area contributed by atoms with Crippen LogP contribution in [0.5, 0.6) is 0 Å². The van der Waals surface area contributed by atoms with Crippen LogP contribution < -0.4 is 16.1 Å². The Kier molecular flexibility index (Phi) is 4.59. The van der Waals surface area contributed by atoms with Gasteiger partial charge in [-0.1, -0.05) is 42.5 Å². The molecule has 0 saturated heterocycles. The molecule has 2 aliphatic rings. The third kappa shape index (κ3) is 3.26. The molecule has 0 fully saturated rings. The fourth-order valence-electron chi connectivity index (χ4n) is 4.11. The fourth-order valence-corrected chi connectivity index (χ4v) is 4.11. The van der Waals surface area contributed by atoms with Crippen molar-refractivity contribution in [3.63, 3.8) is 0 Å². The third-order valence-electron chi connectivity index (χ3n) is 6.01. The largest absolute Gasteiger partial charge is 0.456 e. The minimum absolute atomic E-state index is 0.462. The molecule has 3 heteroatoms. The first kappa shape index (κ1) is 18.6.